The maximum atomic E-state index is 12.3. The van der Waals surface area contributed by atoms with Crippen molar-refractivity contribution in [2.45, 2.75) is 13.8 Å². The molecule has 1 aromatic heterocycles. The number of carbonyl (C=O) groups excluding carboxylic acids is 1. The number of pyridine rings is 1. The summed E-state index contributed by atoms with van der Waals surface area (Å²) < 4.78 is 0. The lowest BCUT2D eigenvalue weighted by molar-refractivity contribution is 0.102. The van der Waals surface area contributed by atoms with Gasteiger partial charge in [0.05, 0.1) is 10.7 Å². The predicted octanol–water partition coefficient (Wildman–Crippen LogP) is 4.30. The predicted molar refractivity (Wildman–Crippen MR) is 87.7 cm³/mol. The lowest BCUT2D eigenvalue weighted by Gasteiger charge is -2.10. The molecule has 4 nitrogen and oxygen atoms in total. The number of halogens is 2. The van der Waals surface area contributed by atoms with Gasteiger partial charge >= 0.3 is 0 Å². The molecule has 0 bridgehead atoms. The summed E-state index contributed by atoms with van der Waals surface area (Å²) in [5.74, 6) is 0.368. The smallest absolute Gasteiger partial charge is 0.255 e. The van der Waals surface area contributed by atoms with Gasteiger partial charge in [-0.05, 0) is 43.7 Å². The Labute approximate surface area is 133 Å². The number of rotatable bonds is 3. The summed E-state index contributed by atoms with van der Waals surface area (Å²) >= 11 is 12.2. The van der Waals surface area contributed by atoms with E-state index in [4.69, 9.17) is 23.2 Å². The second kappa shape index (κ2) is 6.33. The molecule has 110 valence electrons. The van der Waals surface area contributed by atoms with Crippen molar-refractivity contribution >= 4 is 40.6 Å². The van der Waals surface area contributed by atoms with E-state index in [0.29, 0.717) is 27.1 Å². The molecule has 0 radical (unpaired) electrons. The second-order valence-corrected chi connectivity index (χ2v) is 5.48. The van der Waals surface area contributed by atoms with Gasteiger partial charge in [0.15, 0.2) is 0 Å². The van der Waals surface area contributed by atoms with E-state index in [9.17, 15) is 4.79 Å². The number of aromatic nitrogens is 1. The van der Waals surface area contributed by atoms with E-state index in [0.717, 1.165) is 11.3 Å². The summed E-state index contributed by atoms with van der Waals surface area (Å²) in [6.45, 7) is 3.68. The first-order chi connectivity index (χ1) is 9.90. The Balaban J connectivity index is 2.30. The van der Waals surface area contributed by atoms with Crippen molar-refractivity contribution < 1.29 is 4.79 Å². The molecule has 1 amide bonds. The summed E-state index contributed by atoms with van der Waals surface area (Å²) in [7, 11) is 1.75. The number of carbonyl (C=O) groups is 1. The van der Waals surface area contributed by atoms with Gasteiger partial charge in [0.2, 0.25) is 0 Å². The zero-order valence-electron chi connectivity index (χ0n) is 11.9. The molecule has 6 heteroatoms. The molecular formula is C15H15Cl2N3O. The third-order valence-corrected chi connectivity index (χ3v) is 3.69. The Hall–Kier alpha value is -1.78. The normalized spacial score (nSPS) is 10.3. The zero-order chi connectivity index (χ0) is 15.6. The maximum absolute atomic E-state index is 12.3. The molecule has 0 spiro atoms. The van der Waals surface area contributed by atoms with Gasteiger partial charge < -0.3 is 10.6 Å². The van der Waals surface area contributed by atoms with E-state index in [1.165, 1.54) is 0 Å². The number of amides is 1. The summed E-state index contributed by atoms with van der Waals surface area (Å²) in [6, 6.07) is 6.74. The highest BCUT2D eigenvalue weighted by Gasteiger charge is 2.12. The monoisotopic (exact) mass is 323 g/mol. The maximum Gasteiger partial charge on any atom is 0.255 e. The van der Waals surface area contributed by atoms with Crippen LogP contribution in [0.25, 0.3) is 0 Å². The highest BCUT2D eigenvalue weighted by molar-refractivity contribution is 6.36. The number of nitrogens with zero attached hydrogens (tertiary/aromatic N) is 1. The summed E-state index contributed by atoms with van der Waals surface area (Å²) in [4.78, 5) is 16.6. The van der Waals surface area contributed by atoms with E-state index in [2.05, 4.69) is 15.6 Å². The highest BCUT2D eigenvalue weighted by Crippen LogP contribution is 2.29. The Kier molecular flexibility index (Phi) is 4.70. The van der Waals surface area contributed by atoms with Gasteiger partial charge in [0, 0.05) is 23.3 Å². The zero-order valence-corrected chi connectivity index (χ0v) is 13.4. The largest absolute Gasteiger partial charge is 0.373 e. The first-order valence-electron chi connectivity index (χ1n) is 6.34. The first kappa shape index (κ1) is 15.6. The minimum Gasteiger partial charge on any atom is -0.373 e. The van der Waals surface area contributed by atoms with Gasteiger partial charge in [0.1, 0.15) is 5.82 Å². The van der Waals surface area contributed by atoms with Gasteiger partial charge in [0.25, 0.3) is 5.91 Å². The van der Waals surface area contributed by atoms with Crippen LogP contribution in [0.4, 0.5) is 11.5 Å². The molecule has 2 aromatic rings. The first-order valence-corrected chi connectivity index (χ1v) is 7.09. The topological polar surface area (TPSA) is 54.0 Å². The molecule has 21 heavy (non-hydrogen) atoms. The van der Waals surface area contributed by atoms with Crippen LogP contribution in [0.2, 0.25) is 10.0 Å². The van der Waals surface area contributed by atoms with Crippen molar-refractivity contribution in [1.82, 2.24) is 4.98 Å². The Bertz CT molecular complexity index is 702. The average molecular weight is 324 g/mol. The summed E-state index contributed by atoms with van der Waals surface area (Å²) in [5.41, 5.74) is 2.59. The Morgan fingerprint density at radius 2 is 1.81 bits per heavy atom. The van der Waals surface area contributed by atoms with Gasteiger partial charge in [-0.1, -0.05) is 23.2 Å². The number of nitrogens with one attached hydrogen (secondary N) is 2. The van der Waals surface area contributed by atoms with Crippen LogP contribution in [-0.2, 0) is 0 Å². The number of benzene rings is 1. The van der Waals surface area contributed by atoms with Crippen molar-refractivity contribution in [2.75, 3.05) is 17.7 Å². The molecule has 0 aliphatic rings. The van der Waals surface area contributed by atoms with Crippen LogP contribution in [-0.4, -0.2) is 17.9 Å². The van der Waals surface area contributed by atoms with Crippen LogP contribution in [0.1, 0.15) is 21.6 Å². The number of aryl methyl sites for hydroxylation is 2. The Morgan fingerprint density at radius 3 is 2.48 bits per heavy atom. The molecule has 0 saturated heterocycles. The van der Waals surface area contributed by atoms with Crippen molar-refractivity contribution in [3.63, 3.8) is 0 Å². The quantitative estimate of drug-likeness (QED) is 0.885. The SMILES string of the molecule is CNc1cc(C(=O)Nc2cc(Cl)c(C)cc2Cl)cc(C)n1. The van der Waals surface area contributed by atoms with Crippen LogP contribution in [0.3, 0.4) is 0 Å². The van der Waals surface area contributed by atoms with E-state index in [1.54, 1.807) is 31.3 Å². The van der Waals surface area contributed by atoms with Crippen molar-refractivity contribution in [2.24, 2.45) is 0 Å². The average Bonchev–Trinajstić information content (AvgIpc) is 2.43. The van der Waals surface area contributed by atoms with E-state index in [-0.39, 0.29) is 5.91 Å². The number of hydrogen-bond acceptors (Lipinski definition) is 3. The molecule has 1 heterocycles. The van der Waals surface area contributed by atoms with E-state index < -0.39 is 0 Å². The van der Waals surface area contributed by atoms with Crippen LogP contribution in [0, 0.1) is 13.8 Å². The van der Waals surface area contributed by atoms with Gasteiger partial charge in [-0.3, -0.25) is 4.79 Å². The lowest BCUT2D eigenvalue weighted by Crippen LogP contribution is -2.13. The van der Waals surface area contributed by atoms with Crippen LogP contribution in [0.5, 0.6) is 0 Å². The highest BCUT2D eigenvalue weighted by atomic mass is 35.5. The molecule has 0 aliphatic carbocycles. The third-order valence-electron chi connectivity index (χ3n) is 2.97. The van der Waals surface area contributed by atoms with E-state index >= 15 is 0 Å². The molecule has 0 aliphatic heterocycles. The molecule has 0 saturated carbocycles. The van der Waals surface area contributed by atoms with Crippen molar-refractivity contribution in [1.29, 1.82) is 0 Å². The fourth-order valence-corrected chi connectivity index (χ4v) is 2.29. The van der Waals surface area contributed by atoms with Crippen LogP contribution in [0.15, 0.2) is 24.3 Å². The Morgan fingerprint density at radius 1 is 1.10 bits per heavy atom. The minimum absolute atomic E-state index is 0.265. The minimum atomic E-state index is -0.265. The lowest BCUT2D eigenvalue weighted by atomic mass is 10.2. The fraction of sp³-hybridized carbons (Fsp3) is 0.200. The molecule has 2 rings (SSSR count). The molecule has 0 fully saturated rings. The third kappa shape index (κ3) is 3.65. The van der Waals surface area contributed by atoms with Crippen molar-refractivity contribution in [3.8, 4) is 0 Å². The molecule has 2 N–H and O–H groups in total. The van der Waals surface area contributed by atoms with E-state index in [1.807, 2.05) is 13.8 Å². The molecular weight excluding hydrogens is 309 g/mol. The molecule has 0 atom stereocenters. The van der Waals surface area contributed by atoms with Crippen LogP contribution < -0.4 is 10.6 Å². The second-order valence-electron chi connectivity index (χ2n) is 4.67. The number of anilines is 2. The van der Waals surface area contributed by atoms with Crippen LogP contribution >= 0.6 is 23.2 Å². The van der Waals surface area contributed by atoms with Gasteiger partial charge in [-0.15, -0.1) is 0 Å². The summed E-state index contributed by atoms with van der Waals surface area (Å²) in [6.07, 6.45) is 0. The fourth-order valence-electron chi connectivity index (χ4n) is 1.86. The van der Waals surface area contributed by atoms with Crippen molar-refractivity contribution in [3.05, 3.63) is 51.1 Å². The van der Waals surface area contributed by atoms with Gasteiger partial charge in [-0.25, -0.2) is 4.98 Å². The summed E-state index contributed by atoms with van der Waals surface area (Å²) in [5, 5.41) is 6.68. The standard InChI is InChI=1S/C15H15Cl2N3O/c1-8-4-12(17)13(7-11(8)16)20-15(21)10-5-9(2)19-14(6-10)18-3/h4-7H,1-3H3,(H,18,19)(H,20,21). The number of hydrogen-bond donors (Lipinski definition) is 2. The molecule has 1 aromatic carbocycles. The molecule has 0 unspecified atom stereocenters. The van der Waals surface area contributed by atoms with Gasteiger partial charge in [-0.2, -0.15) is 0 Å².